The summed E-state index contributed by atoms with van der Waals surface area (Å²) in [6.45, 7) is 3.57. The summed E-state index contributed by atoms with van der Waals surface area (Å²) in [5.74, 6) is -2.27. The lowest BCUT2D eigenvalue weighted by Crippen LogP contribution is -2.38. The summed E-state index contributed by atoms with van der Waals surface area (Å²) in [6, 6.07) is 2.89. The van der Waals surface area contributed by atoms with Gasteiger partial charge in [-0.2, -0.15) is 0 Å². The van der Waals surface area contributed by atoms with Gasteiger partial charge in [0.05, 0.1) is 0 Å². The van der Waals surface area contributed by atoms with Crippen LogP contribution >= 0.6 is 11.3 Å². The lowest BCUT2D eigenvalue weighted by Gasteiger charge is -2.29. The Balaban J connectivity index is 1.66. The first-order chi connectivity index (χ1) is 11.9. The van der Waals surface area contributed by atoms with Gasteiger partial charge in [0.1, 0.15) is 5.69 Å². The normalized spacial score (nSPS) is 15.2. The molecule has 0 spiro atoms. The Morgan fingerprint density at radius 3 is 2.64 bits per heavy atom. The van der Waals surface area contributed by atoms with Gasteiger partial charge in [-0.15, -0.1) is 11.3 Å². The van der Waals surface area contributed by atoms with Crippen LogP contribution in [0.4, 0.5) is 13.9 Å². The fraction of sp³-hybridized carbons (Fsp3) is 0.353. The number of likely N-dealkylation sites (tertiary alicyclic amines) is 1. The molecule has 132 valence electrons. The number of halogens is 2. The fourth-order valence-corrected chi connectivity index (χ4v) is 3.29. The average Bonchev–Trinajstić information content (AvgIpc) is 3.05. The number of piperidine rings is 1. The van der Waals surface area contributed by atoms with Gasteiger partial charge in [-0.3, -0.25) is 14.9 Å². The van der Waals surface area contributed by atoms with Gasteiger partial charge in [0, 0.05) is 24.0 Å². The lowest BCUT2D eigenvalue weighted by atomic mass is 9.99. The second kappa shape index (κ2) is 7.26. The van der Waals surface area contributed by atoms with Crippen LogP contribution in [0.25, 0.3) is 0 Å². The summed E-state index contributed by atoms with van der Waals surface area (Å²) in [5, 5.41) is 4.32. The van der Waals surface area contributed by atoms with Crippen LogP contribution < -0.4 is 5.32 Å². The molecule has 5 nitrogen and oxygen atoms in total. The molecule has 1 fully saturated rings. The number of thiazole rings is 1. The first kappa shape index (κ1) is 17.5. The third kappa shape index (κ3) is 4.01. The molecular formula is C17H17F2N3O2S. The van der Waals surface area contributed by atoms with Gasteiger partial charge < -0.3 is 4.90 Å². The quantitative estimate of drug-likeness (QED) is 0.905. The topological polar surface area (TPSA) is 62.3 Å². The summed E-state index contributed by atoms with van der Waals surface area (Å²) < 4.78 is 26.1. The molecule has 1 aliphatic heterocycles. The summed E-state index contributed by atoms with van der Waals surface area (Å²) >= 11 is 1.11. The summed E-state index contributed by atoms with van der Waals surface area (Å²) in [4.78, 5) is 30.4. The summed E-state index contributed by atoms with van der Waals surface area (Å²) in [6.07, 6.45) is 1.94. The highest BCUT2D eigenvalue weighted by Gasteiger charge is 2.23. The van der Waals surface area contributed by atoms with Gasteiger partial charge >= 0.3 is 0 Å². The van der Waals surface area contributed by atoms with Crippen molar-refractivity contribution in [3.05, 3.63) is 46.5 Å². The molecule has 1 aromatic heterocycles. The number of nitrogens with one attached hydrogen (secondary N) is 1. The molecular weight excluding hydrogens is 348 g/mol. The molecule has 3 rings (SSSR count). The molecule has 0 aliphatic carbocycles. The van der Waals surface area contributed by atoms with Crippen molar-refractivity contribution < 1.29 is 18.4 Å². The number of rotatable bonds is 3. The number of aromatic nitrogens is 1. The zero-order valence-electron chi connectivity index (χ0n) is 13.6. The van der Waals surface area contributed by atoms with E-state index in [0.717, 1.165) is 36.3 Å². The van der Waals surface area contributed by atoms with Crippen molar-refractivity contribution >= 4 is 28.3 Å². The number of hydrogen-bond donors (Lipinski definition) is 1. The SMILES string of the molecule is CC1CCN(C(=O)c2csc(NC(=O)c3ccc(F)c(F)c3)n2)CC1. The highest BCUT2D eigenvalue weighted by molar-refractivity contribution is 7.14. The van der Waals surface area contributed by atoms with Gasteiger partial charge in [-0.1, -0.05) is 6.92 Å². The van der Waals surface area contributed by atoms with Crippen molar-refractivity contribution in [2.45, 2.75) is 19.8 Å². The summed E-state index contributed by atoms with van der Waals surface area (Å²) in [5.41, 5.74) is 0.257. The monoisotopic (exact) mass is 365 g/mol. The van der Waals surface area contributed by atoms with Crippen LogP contribution in [0.1, 0.15) is 40.6 Å². The minimum Gasteiger partial charge on any atom is -0.337 e. The van der Waals surface area contributed by atoms with Crippen LogP contribution in [-0.2, 0) is 0 Å². The number of hydrogen-bond acceptors (Lipinski definition) is 4. The largest absolute Gasteiger partial charge is 0.337 e. The molecule has 0 unspecified atom stereocenters. The molecule has 8 heteroatoms. The van der Waals surface area contributed by atoms with Gasteiger partial charge in [0.25, 0.3) is 11.8 Å². The molecule has 25 heavy (non-hydrogen) atoms. The zero-order valence-corrected chi connectivity index (χ0v) is 14.4. The molecule has 0 radical (unpaired) electrons. The number of anilines is 1. The maximum Gasteiger partial charge on any atom is 0.273 e. The van der Waals surface area contributed by atoms with Crippen LogP contribution in [0.5, 0.6) is 0 Å². The van der Waals surface area contributed by atoms with E-state index in [0.29, 0.717) is 19.0 Å². The molecule has 2 amide bonds. The van der Waals surface area contributed by atoms with Crippen molar-refractivity contribution in [3.8, 4) is 0 Å². The predicted octanol–water partition coefficient (Wildman–Crippen LogP) is 3.55. The second-order valence-electron chi connectivity index (χ2n) is 6.10. The summed E-state index contributed by atoms with van der Waals surface area (Å²) in [7, 11) is 0. The first-order valence-corrected chi connectivity index (χ1v) is 8.83. The Bertz CT molecular complexity index is 801. The third-order valence-electron chi connectivity index (χ3n) is 4.20. The molecule has 1 aliphatic rings. The number of nitrogens with zero attached hydrogens (tertiary/aromatic N) is 2. The molecule has 0 saturated carbocycles. The molecule has 1 saturated heterocycles. The van der Waals surface area contributed by atoms with E-state index in [-0.39, 0.29) is 22.3 Å². The third-order valence-corrected chi connectivity index (χ3v) is 4.95. The van der Waals surface area contributed by atoms with Crippen molar-refractivity contribution in [2.24, 2.45) is 5.92 Å². The molecule has 2 heterocycles. The molecule has 2 aromatic rings. The zero-order chi connectivity index (χ0) is 18.0. The Labute approximate surface area is 147 Å². The van der Waals surface area contributed by atoms with E-state index < -0.39 is 17.5 Å². The van der Waals surface area contributed by atoms with Gasteiger partial charge in [0.15, 0.2) is 16.8 Å². The molecule has 0 atom stereocenters. The van der Waals surface area contributed by atoms with E-state index in [1.807, 2.05) is 0 Å². The maximum absolute atomic E-state index is 13.2. The second-order valence-corrected chi connectivity index (χ2v) is 6.95. The number of benzene rings is 1. The van der Waals surface area contributed by atoms with E-state index in [1.165, 1.54) is 6.07 Å². The van der Waals surface area contributed by atoms with Crippen molar-refractivity contribution in [3.63, 3.8) is 0 Å². The van der Waals surface area contributed by atoms with Gasteiger partial charge in [0.2, 0.25) is 0 Å². The molecule has 1 N–H and O–H groups in total. The Morgan fingerprint density at radius 2 is 1.96 bits per heavy atom. The van der Waals surface area contributed by atoms with Crippen molar-refractivity contribution in [1.29, 1.82) is 0 Å². The van der Waals surface area contributed by atoms with Crippen LogP contribution in [0.15, 0.2) is 23.6 Å². The van der Waals surface area contributed by atoms with E-state index >= 15 is 0 Å². The van der Waals surface area contributed by atoms with E-state index in [4.69, 9.17) is 0 Å². The van der Waals surface area contributed by atoms with Crippen LogP contribution in [0.3, 0.4) is 0 Å². The average molecular weight is 365 g/mol. The maximum atomic E-state index is 13.2. The fourth-order valence-electron chi connectivity index (χ4n) is 2.61. The number of carbonyl (C=O) groups is 2. The van der Waals surface area contributed by atoms with Gasteiger partial charge in [-0.05, 0) is 37.0 Å². The van der Waals surface area contributed by atoms with Crippen molar-refractivity contribution in [2.75, 3.05) is 18.4 Å². The Morgan fingerprint density at radius 1 is 1.24 bits per heavy atom. The van der Waals surface area contributed by atoms with Crippen LogP contribution in [0, 0.1) is 17.6 Å². The minimum atomic E-state index is -1.10. The van der Waals surface area contributed by atoms with Crippen molar-refractivity contribution in [1.82, 2.24) is 9.88 Å². The van der Waals surface area contributed by atoms with Gasteiger partial charge in [-0.25, -0.2) is 13.8 Å². The highest BCUT2D eigenvalue weighted by Crippen LogP contribution is 2.21. The number of amides is 2. The standard InChI is InChI=1S/C17H17F2N3O2S/c1-10-4-6-22(7-5-10)16(24)14-9-25-17(20-14)21-15(23)11-2-3-12(18)13(19)8-11/h2-3,8-10H,4-7H2,1H3,(H,20,21,23). The Hall–Kier alpha value is -2.35. The highest BCUT2D eigenvalue weighted by atomic mass is 32.1. The van der Waals surface area contributed by atoms with E-state index in [1.54, 1.807) is 10.3 Å². The Kier molecular flexibility index (Phi) is 5.08. The van der Waals surface area contributed by atoms with Crippen LogP contribution in [-0.4, -0.2) is 34.8 Å². The van der Waals surface area contributed by atoms with E-state index in [2.05, 4.69) is 17.2 Å². The lowest BCUT2D eigenvalue weighted by molar-refractivity contribution is 0.0692. The smallest absolute Gasteiger partial charge is 0.273 e. The van der Waals surface area contributed by atoms with Crippen LogP contribution in [0.2, 0.25) is 0 Å². The number of carbonyl (C=O) groups excluding carboxylic acids is 2. The molecule has 0 bridgehead atoms. The molecule has 1 aromatic carbocycles. The predicted molar refractivity (Wildman–Crippen MR) is 90.7 cm³/mol. The van der Waals surface area contributed by atoms with E-state index in [9.17, 15) is 18.4 Å². The first-order valence-electron chi connectivity index (χ1n) is 7.95. The minimum absolute atomic E-state index is 0.0213.